The second-order valence-corrected chi connectivity index (χ2v) is 4.90. The molecule has 2 atom stereocenters. The Bertz CT molecular complexity index is 473. The zero-order valence-corrected chi connectivity index (χ0v) is 11.8. The van der Waals surface area contributed by atoms with Crippen LogP contribution in [0.3, 0.4) is 0 Å². The van der Waals surface area contributed by atoms with Gasteiger partial charge in [-0.3, -0.25) is 4.79 Å². The summed E-state index contributed by atoms with van der Waals surface area (Å²) in [6.45, 7) is 3.68. The predicted octanol–water partition coefficient (Wildman–Crippen LogP) is 1.94. The minimum atomic E-state index is -1.02. The zero-order valence-electron chi connectivity index (χ0n) is 11.8. The highest BCUT2D eigenvalue weighted by Crippen LogP contribution is 2.17. The van der Waals surface area contributed by atoms with Crippen LogP contribution in [-0.2, 0) is 16.0 Å². The van der Waals surface area contributed by atoms with Crippen molar-refractivity contribution in [2.45, 2.75) is 39.2 Å². The molecule has 0 bridgehead atoms. The fraction of sp³-hybridized carbons (Fsp3) is 0.467. The van der Waals surface area contributed by atoms with Crippen LogP contribution < -0.4 is 5.32 Å². The number of carbonyl (C=O) groups is 2. The summed E-state index contributed by atoms with van der Waals surface area (Å²) >= 11 is 0. The van der Waals surface area contributed by atoms with E-state index >= 15 is 0 Å². The summed E-state index contributed by atoms with van der Waals surface area (Å²) in [6.07, 6.45) is 1.21. The number of aliphatic carboxylic acids is 1. The molecule has 0 aliphatic heterocycles. The zero-order chi connectivity index (χ0) is 15.1. The first-order chi connectivity index (χ1) is 9.45. The Morgan fingerprint density at radius 1 is 1.30 bits per heavy atom. The lowest BCUT2D eigenvalue weighted by molar-refractivity contribution is -0.143. The summed E-state index contributed by atoms with van der Waals surface area (Å²) in [4.78, 5) is 22.9. The van der Waals surface area contributed by atoms with Crippen LogP contribution in [0.4, 0.5) is 0 Å². The third-order valence-electron chi connectivity index (χ3n) is 3.41. The number of rotatable bonds is 7. The number of benzene rings is 1. The number of phenols is 1. The molecule has 1 amide bonds. The highest BCUT2D eigenvalue weighted by Gasteiger charge is 2.24. The second-order valence-electron chi connectivity index (χ2n) is 4.90. The van der Waals surface area contributed by atoms with Crippen molar-refractivity contribution in [3.05, 3.63) is 29.8 Å². The molecule has 0 fully saturated rings. The van der Waals surface area contributed by atoms with E-state index in [-0.39, 0.29) is 24.0 Å². The summed E-state index contributed by atoms with van der Waals surface area (Å²) in [5.41, 5.74) is 0.679. The maximum absolute atomic E-state index is 11.8. The van der Waals surface area contributed by atoms with Gasteiger partial charge in [0.1, 0.15) is 11.8 Å². The molecule has 0 aliphatic rings. The fourth-order valence-electron chi connectivity index (χ4n) is 1.90. The van der Waals surface area contributed by atoms with Gasteiger partial charge in [0, 0.05) is 6.42 Å². The Balaban J connectivity index is 2.55. The number of aryl methyl sites for hydroxylation is 1. The topological polar surface area (TPSA) is 86.6 Å². The van der Waals surface area contributed by atoms with E-state index < -0.39 is 12.0 Å². The summed E-state index contributed by atoms with van der Waals surface area (Å²) in [6, 6.07) is 5.93. The summed E-state index contributed by atoms with van der Waals surface area (Å²) in [7, 11) is 0. The smallest absolute Gasteiger partial charge is 0.326 e. The van der Waals surface area contributed by atoms with Gasteiger partial charge in [-0.05, 0) is 24.0 Å². The first-order valence-electron chi connectivity index (χ1n) is 6.74. The number of carbonyl (C=O) groups excluding carboxylic acids is 1. The number of carboxylic acids is 1. The van der Waals surface area contributed by atoms with Crippen molar-refractivity contribution in [1.29, 1.82) is 0 Å². The van der Waals surface area contributed by atoms with Gasteiger partial charge in [0.25, 0.3) is 0 Å². The van der Waals surface area contributed by atoms with E-state index in [1.807, 2.05) is 6.92 Å². The van der Waals surface area contributed by atoms with Gasteiger partial charge in [-0.1, -0.05) is 38.5 Å². The second kappa shape index (κ2) is 7.53. The maximum Gasteiger partial charge on any atom is 0.326 e. The molecular weight excluding hydrogens is 258 g/mol. The summed E-state index contributed by atoms with van der Waals surface area (Å²) in [5.74, 6) is -1.31. The number of nitrogens with one attached hydrogen (secondary N) is 1. The van der Waals surface area contributed by atoms with Crippen LogP contribution in [0.5, 0.6) is 5.75 Å². The van der Waals surface area contributed by atoms with Gasteiger partial charge in [-0.15, -0.1) is 0 Å². The van der Waals surface area contributed by atoms with Crippen LogP contribution >= 0.6 is 0 Å². The molecule has 1 aromatic carbocycles. The Morgan fingerprint density at radius 3 is 2.50 bits per heavy atom. The van der Waals surface area contributed by atoms with Crippen molar-refractivity contribution in [3.8, 4) is 5.75 Å². The third kappa shape index (κ3) is 4.57. The normalized spacial score (nSPS) is 13.5. The molecule has 20 heavy (non-hydrogen) atoms. The molecule has 3 N–H and O–H groups in total. The lowest BCUT2D eigenvalue weighted by atomic mass is 9.99. The Labute approximate surface area is 118 Å². The lowest BCUT2D eigenvalue weighted by Gasteiger charge is -2.20. The van der Waals surface area contributed by atoms with Crippen molar-refractivity contribution in [2.24, 2.45) is 5.92 Å². The van der Waals surface area contributed by atoms with Crippen molar-refractivity contribution in [3.63, 3.8) is 0 Å². The molecule has 1 aromatic rings. The molecule has 0 radical (unpaired) electrons. The molecule has 0 heterocycles. The molecule has 0 saturated heterocycles. The average Bonchev–Trinajstić information content (AvgIpc) is 2.42. The van der Waals surface area contributed by atoms with E-state index in [1.54, 1.807) is 31.2 Å². The predicted molar refractivity (Wildman–Crippen MR) is 75.4 cm³/mol. The van der Waals surface area contributed by atoms with Crippen LogP contribution in [-0.4, -0.2) is 28.1 Å². The van der Waals surface area contributed by atoms with Crippen LogP contribution in [0.1, 0.15) is 32.3 Å². The average molecular weight is 279 g/mol. The van der Waals surface area contributed by atoms with Gasteiger partial charge in [-0.2, -0.15) is 0 Å². The maximum atomic E-state index is 11.8. The molecule has 1 rings (SSSR count). The summed E-state index contributed by atoms with van der Waals surface area (Å²) < 4.78 is 0. The summed E-state index contributed by atoms with van der Waals surface area (Å²) in [5, 5.41) is 21.2. The number of hydrogen-bond donors (Lipinski definition) is 3. The first kappa shape index (κ1) is 16.0. The van der Waals surface area contributed by atoms with E-state index in [2.05, 4.69) is 5.32 Å². The first-order valence-corrected chi connectivity index (χ1v) is 6.74. The van der Waals surface area contributed by atoms with Crippen molar-refractivity contribution >= 4 is 11.9 Å². The highest BCUT2D eigenvalue weighted by molar-refractivity contribution is 5.83. The molecule has 0 aliphatic carbocycles. The standard InChI is InChI=1S/C15H21NO4/c1-3-10(2)14(15(19)20)16-13(18)9-8-11-6-4-5-7-12(11)17/h4-7,10,14,17H,3,8-9H2,1-2H3,(H,16,18)(H,19,20)/t10-,14-/m0/s1. The van der Waals surface area contributed by atoms with Crippen molar-refractivity contribution < 1.29 is 19.8 Å². The van der Waals surface area contributed by atoms with Gasteiger partial charge >= 0.3 is 5.97 Å². The van der Waals surface area contributed by atoms with Crippen LogP contribution in [0.25, 0.3) is 0 Å². The van der Waals surface area contributed by atoms with Gasteiger partial charge in [0.05, 0.1) is 0 Å². The van der Waals surface area contributed by atoms with Crippen LogP contribution in [0.15, 0.2) is 24.3 Å². The molecule has 0 aromatic heterocycles. The monoisotopic (exact) mass is 279 g/mol. The molecule has 5 nitrogen and oxygen atoms in total. The number of hydrogen-bond acceptors (Lipinski definition) is 3. The van der Waals surface area contributed by atoms with E-state index in [0.717, 1.165) is 0 Å². The number of phenolic OH excluding ortho intramolecular Hbond substituents is 1. The number of aromatic hydroxyl groups is 1. The minimum absolute atomic E-state index is 0.124. The Hall–Kier alpha value is -2.04. The number of para-hydroxylation sites is 1. The molecule has 110 valence electrons. The van der Waals surface area contributed by atoms with Gasteiger partial charge in [-0.25, -0.2) is 4.79 Å². The van der Waals surface area contributed by atoms with Gasteiger partial charge in [0.15, 0.2) is 0 Å². The van der Waals surface area contributed by atoms with E-state index in [9.17, 15) is 14.7 Å². The molecule has 5 heteroatoms. The van der Waals surface area contributed by atoms with E-state index in [4.69, 9.17) is 5.11 Å². The van der Waals surface area contributed by atoms with Crippen LogP contribution in [0.2, 0.25) is 0 Å². The quantitative estimate of drug-likeness (QED) is 0.712. The lowest BCUT2D eigenvalue weighted by Crippen LogP contribution is -2.45. The largest absolute Gasteiger partial charge is 0.508 e. The Morgan fingerprint density at radius 2 is 1.95 bits per heavy atom. The highest BCUT2D eigenvalue weighted by atomic mass is 16.4. The molecule has 0 spiro atoms. The minimum Gasteiger partial charge on any atom is -0.508 e. The SMILES string of the molecule is CC[C@H](C)[C@H](NC(=O)CCc1ccccc1O)C(=O)O. The van der Waals surface area contributed by atoms with Gasteiger partial charge in [0.2, 0.25) is 5.91 Å². The van der Waals surface area contributed by atoms with Gasteiger partial charge < -0.3 is 15.5 Å². The molecule has 0 unspecified atom stereocenters. The van der Waals surface area contributed by atoms with Crippen molar-refractivity contribution in [2.75, 3.05) is 0 Å². The number of carboxylic acid groups (broad SMARTS) is 1. The number of amides is 1. The van der Waals surface area contributed by atoms with Crippen LogP contribution in [0, 0.1) is 5.92 Å². The third-order valence-corrected chi connectivity index (χ3v) is 3.41. The van der Waals surface area contributed by atoms with Crippen molar-refractivity contribution in [1.82, 2.24) is 5.32 Å². The Kier molecular flexibility index (Phi) is 6.03. The molecule has 0 saturated carbocycles. The molecular formula is C15H21NO4. The van der Waals surface area contributed by atoms with E-state index in [1.165, 1.54) is 0 Å². The van der Waals surface area contributed by atoms with E-state index in [0.29, 0.717) is 18.4 Å². The fourth-order valence-corrected chi connectivity index (χ4v) is 1.90.